The smallest absolute Gasteiger partial charge is 0.253 e. The van der Waals surface area contributed by atoms with E-state index in [1.54, 1.807) is 24.3 Å². The Morgan fingerprint density at radius 3 is 2.72 bits per heavy atom. The molecule has 3 nitrogen and oxygen atoms in total. The van der Waals surface area contributed by atoms with Crippen LogP contribution in [0, 0.1) is 5.92 Å². The number of benzene rings is 1. The summed E-state index contributed by atoms with van der Waals surface area (Å²) in [6, 6.07) is 7.10. The van der Waals surface area contributed by atoms with Gasteiger partial charge in [-0.25, -0.2) is 0 Å². The number of likely N-dealkylation sites (tertiary alicyclic amines) is 1. The molecule has 18 heavy (non-hydrogen) atoms. The first-order chi connectivity index (χ1) is 8.20. The molecule has 1 amide bonds. The maximum Gasteiger partial charge on any atom is 0.253 e. The van der Waals surface area contributed by atoms with Gasteiger partial charge in [0.15, 0.2) is 0 Å². The number of carbonyl (C=O) groups is 1. The number of amides is 1. The fourth-order valence-electron chi connectivity index (χ4n) is 2.25. The minimum Gasteiger partial charge on any atom is -0.338 e. The van der Waals surface area contributed by atoms with Crippen LogP contribution >= 0.6 is 24.0 Å². The van der Waals surface area contributed by atoms with Crippen LogP contribution in [0.2, 0.25) is 5.02 Å². The molecule has 0 spiro atoms. The first kappa shape index (κ1) is 15.3. The lowest BCUT2D eigenvalue weighted by Crippen LogP contribution is -2.30. The van der Waals surface area contributed by atoms with E-state index in [-0.39, 0.29) is 18.3 Å². The summed E-state index contributed by atoms with van der Waals surface area (Å²) < 4.78 is 0. The van der Waals surface area contributed by atoms with Crippen LogP contribution < -0.4 is 5.32 Å². The topological polar surface area (TPSA) is 32.3 Å². The minimum absolute atomic E-state index is 0. The van der Waals surface area contributed by atoms with Crippen LogP contribution in [0.3, 0.4) is 0 Å². The summed E-state index contributed by atoms with van der Waals surface area (Å²) in [6.07, 6.45) is 1.08. The number of nitrogens with zero attached hydrogens (tertiary/aromatic N) is 1. The van der Waals surface area contributed by atoms with Crippen molar-refractivity contribution in [2.75, 3.05) is 26.7 Å². The molecule has 0 bridgehead atoms. The van der Waals surface area contributed by atoms with Crippen LogP contribution in [0.1, 0.15) is 16.8 Å². The molecule has 1 saturated heterocycles. The Labute approximate surface area is 119 Å². The third kappa shape index (κ3) is 3.61. The Kier molecular flexibility index (Phi) is 5.93. The highest BCUT2D eigenvalue weighted by molar-refractivity contribution is 6.30. The Morgan fingerprint density at radius 1 is 1.44 bits per heavy atom. The molecule has 0 aromatic heterocycles. The van der Waals surface area contributed by atoms with Gasteiger partial charge in [-0.05, 0) is 50.2 Å². The standard InChI is InChI=1S/C13H17ClN2O.ClH/c1-15-8-10-6-7-16(9-10)13(17)11-2-4-12(14)5-3-11;/h2-5,10,15H,6-9H2,1H3;1H. The van der Waals surface area contributed by atoms with Gasteiger partial charge in [0, 0.05) is 23.7 Å². The quantitative estimate of drug-likeness (QED) is 0.927. The third-order valence-electron chi connectivity index (χ3n) is 3.16. The molecule has 1 atom stereocenters. The van der Waals surface area contributed by atoms with E-state index < -0.39 is 0 Å². The summed E-state index contributed by atoms with van der Waals surface area (Å²) in [6.45, 7) is 2.68. The second-order valence-electron chi connectivity index (χ2n) is 4.47. The second kappa shape index (κ2) is 6.98. The van der Waals surface area contributed by atoms with E-state index in [1.165, 1.54) is 0 Å². The van der Waals surface area contributed by atoms with Crippen molar-refractivity contribution in [1.29, 1.82) is 0 Å². The summed E-state index contributed by atoms with van der Waals surface area (Å²) in [5, 5.41) is 3.82. The molecular weight excluding hydrogens is 271 g/mol. The van der Waals surface area contributed by atoms with Gasteiger partial charge in [0.05, 0.1) is 0 Å². The van der Waals surface area contributed by atoms with Crippen molar-refractivity contribution in [3.05, 3.63) is 34.9 Å². The first-order valence-corrected chi connectivity index (χ1v) is 6.28. The van der Waals surface area contributed by atoms with Crippen molar-refractivity contribution in [1.82, 2.24) is 10.2 Å². The van der Waals surface area contributed by atoms with Crippen molar-refractivity contribution in [3.63, 3.8) is 0 Å². The average molecular weight is 289 g/mol. The van der Waals surface area contributed by atoms with Crippen LogP contribution in [0.25, 0.3) is 0 Å². The Morgan fingerprint density at radius 2 is 2.11 bits per heavy atom. The zero-order valence-electron chi connectivity index (χ0n) is 10.4. The largest absolute Gasteiger partial charge is 0.338 e. The zero-order valence-corrected chi connectivity index (χ0v) is 11.9. The SMILES string of the molecule is CNCC1CCN(C(=O)c2ccc(Cl)cc2)C1.Cl. The molecule has 5 heteroatoms. The van der Waals surface area contributed by atoms with Gasteiger partial charge in [0.2, 0.25) is 0 Å². The van der Waals surface area contributed by atoms with E-state index in [1.807, 2.05) is 11.9 Å². The number of rotatable bonds is 3. The van der Waals surface area contributed by atoms with Crippen molar-refractivity contribution >= 4 is 29.9 Å². The molecule has 1 aromatic rings. The number of nitrogens with one attached hydrogen (secondary N) is 1. The van der Waals surface area contributed by atoms with Crippen LogP contribution in [0.4, 0.5) is 0 Å². The lowest BCUT2D eigenvalue weighted by atomic mass is 10.1. The molecule has 0 saturated carbocycles. The maximum absolute atomic E-state index is 12.2. The lowest BCUT2D eigenvalue weighted by Gasteiger charge is -2.16. The molecule has 1 N–H and O–H groups in total. The molecule has 1 aliphatic rings. The average Bonchev–Trinajstić information content (AvgIpc) is 2.78. The normalized spacial score (nSPS) is 18.6. The van der Waals surface area contributed by atoms with Crippen LogP contribution in [-0.4, -0.2) is 37.5 Å². The third-order valence-corrected chi connectivity index (χ3v) is 3.41. The van der Waals surface area contributed by atoms with Crippen LogP contribution in [-0.2, 0) is 0 Å². The highest BCUT2D eigenvalue weighted by atomic mass is 35.5. The summed E-state index contributed by atoms with van der Waals surface area (Å²) in [7, 11) is 1.95. The fraction of sp³-hybridized carbons (Fsp3) is 0.462. The minimum atomic E-state index is 0. The van der Waals surface area contributed by atoms with Gasteiger partial charge in [-0.15, -0.1) is 12.4 Å². The Hall–Kier alpha value is -0.770. The van der Waals surface area contributed by atoms with Crippen molar-refractivity contribution in [2.24, 2.45) is 5.92 Å². The molecule has 0 aliphatic carbocycles. The zero-order chi connectivity index (χ0) is 12.3. The Bertz CT molecular complexity index is 394. The predicted octanol–water partition coefficient (Wildman–Crippen LogP) is 2.44. The molecular formula is C13H18Cl2N2O. The molecule has 1 heterocycles. The maximum atomic E-state index is 12.2. The van der Waals surface area contributed by atoms with Crippen molar-refractivity contribution in [3.8, 4) is 0 Å². The lowest BCUT2D eigenvalue weighted by molar-refractivity contribution is 0.0787. The van der Waals surface area contributed by atoms with Gasteiger partial charge in [0.1, 0.15) is 0 Å². The number of hydrogen-bond donors (Lipinski definition) is 1. The molecule has 0 radical (unpaired) electrons. The van der Waals surface area contributed by atoms with Crippen molar-refractivity contribution in [2.45, 2.75) is 6.42 Å². The van der Waals surface area contributed by atoms with E-state index in [0.717, 1.165) is 31.6 Å². The van der Waals surface area contributed by atoms with E-state index in [0.29, 0.717) is 10.9 Å². The second-order valence-corrected chi connectivity index (χ2v) is 4.91. The number of hydrogen-bond acceptors (Lipinski definition) is 2. The molecule has 1 aromatic carbocycles. The molecule has 1 aliphatic heterocycles. The van der Waals surface area contributed by atoms with E-state index in [2.05, 4.69) is 5.32 Å². The van der Waals surface area contributed by atoms with E-state index >= 15 is 0 Å². The van der Waals surface area contributed by atoms with Gasteiger partial charge in [0.25, 0.3) is 5.91 Å². The summed E-state index contributed by atoms with van der Waals surface area (Å²) in [5.41, 5.74) is 0.722. The Balaban J connectivity index is 0.00000162. The molecule has 1 fully saturated rings. The monoisotopic (exact) mass is 288 g/mol. The van der Waals surface area contributed by atoms with E-state index in [4.69, 9.17) is 11.6 Å². The highest BCUT2D eigenvalue weighted by Gasteiger charge is 2.26. The number of carbonyl (C=O) groups excluding carboxylic acids is 1. The van der Waals surface area contributed by atoms with Crippen molar-refractivity contribution < 1.29 is 4.79 Å². The van der Waals surface area contributed by atoms with Gasteiger partial charge in [-0.1, -0.05) is 11.6 Å². The number of halogens is 2. The van der Waals surface area contributed by atoms with Crippen LogP contribution in [0.5, 0.6) is 0 Å². The fourth-order valence-corrected chi connectivity index (χ4v) is 2.37. The van der Waals surface area contributed by atoms with Gasteiger partial charge >= 0.3 is 0 Å². The molecule has 1 unspecified atom stereocenters. The van der Waals surface area contributed by atoms with Gasteiger partial charge in [-0.3, -0.25) is 4.79 Å². The van der Waals surface area contributed by atoms with Gasteiger partial charge in [-0.2, -0.15) is 0 Å². The van der Waals surface area contributed by atoms with Gasteiger partial charge < -0.3 is 10.2 Å². The summed E-state index contributed by atoms with van der Waals surface area (Å²) >= 11 is 5.81. The molecule has 100 valence electrons. The highest BCUT2D eigenvalue weighted by Crippen LogP contribution is 2.19. The first-order valence-electron chi connectivity index (χ1n) is 5.90. The summed E-state index contributed by atoms with van der Waals surface area (Å²) in [4.78, 5) is 14.1. The van der Waals surface area contributed by atoms with Crippen LogP contribution in [0.15, 0.2) is 24.3 Å². The summed E-state index contributed by atoms with van der Waals surface area (Å²) in [5.74, 6) is 0.691. The molecule has 2 rings (SSSR count). The predicted molar refractivity (Wildman–Crippen MR) is 76.6 cm³/mol. The van der Waals surface area contributed by atoms with E-state index in [9.17, 15) is 4.79 Å².